The van der Waals surface area contributed by atoms with Crippen molar-refractivity contribution in [1.29, 1.82) is 0 Å². The standard InChI is InChI=1S/C16H20N4O/c1-20-10-14(9-19-20)12-21-11-13-3-5-15(6-4-13)16-17-7-2-8-18-16/h3-6,9-10H,2,7-8,11-12H2,1H3,(H,17,18). The van der Waals surface area contributed by atoms with Crippen molar-refractivity contribution in [3.63, 3.8) is 0 Å². The maximum absolute atomic E-state index is 5.71. The highest BCUT2D eigenvalue weighted by molar-refractivity contribution is 5.99. The lowest BCUT2D eigenvalue weighted by atomic mass is 10.1. The first-order chi connectivity index (χ1) is 10.3. The third-order valence-electron chi connectivity index (χ3n) is 3.42. The van der Waals surface area contributed by atoms with E-state index in [0.717, 1.165) is 36.5 Å². The normalized spacial score (nSPS) is 14.6. The van der Waals surface area contributed by atoms with Crippen LogP contribution in [-0.4, -0.2) is 28.7 Å². The number of rotatable bonds is 5. The average Bonchev–Trinajstić information content (AvgIpc) is 2.94. The maximum Gasteiger partial charge on any atom is 0.128 e. The lowest BCUT2D eigenvalue weighted by molar-refractivity contribution is 0.107. The zero-order valence-corrected chi connectivity index (χ0v) is 12.2. The summed E-state index contributed by atoms with van der Waals surface area (Å²) in [5.41, 5.74) is 3.40. The van der Waals surface area contributed by atoms with Crippen LogP contribution >= 0.6 is 0 Å². The Labute approximate surface area is 124 Å². The average molecular weight is 284 g/mol. The summed E-state index contributed by atoms with van der Waals surface area (Å²) in [4.78, 5) is 4.50. The van der Waals surface area contributed by atoms with Crippen LogP contribution in [0.15, 0.2) is 41.7 Å². The largest absolute Gasteiger partial charge is 0.372 e. The summed E-state index contributed by atoms with van der Waals surface area (Å²) in [6, 6.07) is 8.38. The Bertz CT molecular complexity index is 615. The predicted octanol–water partition coefficient (Wildman–Crippen LogP) is 1.88. The van der Waals surface area contributed by atoms with E-state index >= 15 is 0 Å². The van der Waals surface area contributed by atoms with Crippen molar-refractivity contribution in [3.05, 3.63) is 53.3 Å². The van der Waals surface area contributed by atoms with Crippen LogP contribution in [0.2, 0.25) is 0 Å². The summed E-state index contributed by atoms with van der Waals surface area (Å²) in [6.07, 6.45) is 4.91. The molecule has 0 aliphatic carbocycles. The summed E-state index contributed by atoms with van der Waals surface area (Å²) in [5.74, 6) is 1.00. The van der Waals surface area contributed by atoms with Gasteiger partial charge >= 0.3 is 0 Å². The molecule has 1 aliphatic heterocycles. The van der Waals surface area contributed by atoms with Crippen LogP contribution in [0.4, 0.5) is 0 Å². The summed E-state index contributed by atoms with van der Waals surface area (Å²) in [7, 11) is 1.91. The van der Waals surface area contributed by atoms with Crippen molar-refractivity contribution in [3.8, 4) is 0 Å². The Morgan fingerprint density at radius 2 is 2.00 bits per heavy atom. The molecule has 2 heterocycles. The highest BCUT2D eigenvalue weighted by atomic mass is 16.5. The summed E-state index contributed by atoms with van der Waals surface area (Å²) < 4.78 is 7.49. The fourth-order valence-electron chi connectivity index (χ4n) is 2.32. The summed E-state index contributed by atoms with van der Waals surface area (Å²) in [5, 5.41) is 7.45. The molecule has 0 bridgehead atoms. The number of aliphatic imine (C=N–C) groups is 1. The Morgan fingerprint density at radius 3 is 2.67 bits per heavy atom. The van der Waals surface area contributed by atoms with Gasteiger partial charge in [-0.25, -0.2) is 0 Å². The first-order valence-electron chi connectivity index (χ1n) is 7.24. The topological polar surface area (TPSA) is 51.4 Å². The Balaban J connectivity index is 1.53. The Morgan fingerprint density at radius 1 is 1.19 bits per heavy atom. The second-order valence-electron chi connectivity index (χ2n) is 5.22. The van der Waals surface area contributed by atoms with Gasteiger partial charge in [0, 0.05) is 37.5 Å². The molecule has 2 aromatic rings. The summed E-state index contributed by atoms with van der Waals surface area (Å²) in [6.45, 7) is 3.12. The molecule has 110 valence electrons. The van der Waals surface area contributed by atoms with E-state index in [1.54, 1.807) is 4.68 Å². The number of aryl methyl sites for hydroxylation is 1. The van der Waals surface area contributed by atoms with Gasteiger partial charge < -0.3 is 10.1 Å². The van der Waals surface area contributed by atoms with E-state index in [1.807, 2.05) is 19.4 Å². The van der Waals surface area contributed by atoms with Crippen molar-refractivity contribution in [1.82, 2.24) is 15.1 Å². The molecule has 5 nitrogen and oxygen atoms in total. The molecule has 1 aromatic carbocycles. The Kier molecular flexibility index (Phi) is 4.31. The fourth-order valence-corrected chi connectivity index (χ4v) is 2.32. The maximum atomic E-state index is 5.71. The van der Waals surface area contributed by atoms with Gasteiger partial charge in [-0.3, -0.25) is 9.67 Å². The zero-order chi connectivity index (χ0) is 14.5. The molecular weight excluding hydrogens is 264 g/mol. The van der Waals surface area contributed by atoms with E-state index in [4.69, 9.17) is 4.74 Å². The first-order valence-corrected chi connectivity index (χ1v) is 7.24. The smallest absolute Gasteiger partial charge is 0.128 e. The minimum absolute atomic E-state index is 0.587. The Hall–Kier alpha value is -2.14. The number of hydrogen-bond acceptors (Lipinski definition) is 4. The van der Waals surface area contributed by atoms with E-state index in [-0.39, 0.29) is 0 Å². The highest BCUT2D eigenvalue weighted by Gasteiger charge is 2.06. The van der Waals surface area contributed by atoms with Crippen LogP contribution < -0.4 is 5.32 Å². The molecule has 0 radical (unpaired) electrons. The van der Waals surface area contributed by atoms with E-state index in [1.165, 1.54) is 5.56 Å². The predicted molar refractivity (Wildman–Crippen MR) is 82.2 cm³/mol. The van der Waals surface area contributed by atoms with Crippen molar-refractivity contribution in [2.24, 2.45) is 12.0 Å². The second kappa shape index (κ2) is 6.54. The van der Waals surface area contributed by atoms with Gasteiger partial charge in [-0.1, -0.05) is 24.3 Å². The number of nitrogens with one attached hydrogen (secondary N) is 1. The molecule has 0 unspecified atom stereocenters. The molecule has 5 heteroatoms. The van der Waals surface area contributed by atoms with Crippen LogP contribution in [0.5, 0.6) is 0 Å². The van der Waals surface area contributed by atoms with E-state index in [0.29, 0.717) is 13.2 Å². The van der Waals surface area contributed by atoms with E-state index < -0.39 is 0 Å². The molecule has 1 N–H and O–H groups in total. The van der Waals surface area contributed by atoms with Crippen molar-refractivity contribution < 1.29 is 4.74 Å². The van der Waals surface area contributed by atoms with Crippen LogP contribution in [0.1, 0.15) is 23.1 Å². The molecule has 0 atom stereocenters. The summed E-state index contributed by atoms with van der Waals surface area (Å²) >= 11 is 0. The van der Waals surface area contributed by atoms with Crippen LogP contribution in [0.3, 0.4) is 0 Å². The van der Waals surface area contributed by atoms with Gasteiger partial charge in [0.1, 0.15) is 5.84 Å². The number of amidine groups is 1. The molecule has 3 rings (SSSR count). The molecule has 0 saturated carbocycles. The second-order valence-corrected chi connectivity index (χ2v) is 5.22. The van der Waals surface area contributed by atoms with E-state index in [9.17, 15) is 0 Å². The van der Waals surface area contributed by atoms with E-state index in [2.05, 4.69) is 39.7 Å². The van der Waals surface area contributed by atoms with Crippen LogP contribution in [-0.2, 0) is 25.0 Å². The molecule has 1 aliphatic rings. The van der Waals surface area contributed by atoms with Gasteiger partial charge in [-0.15, -0.1) is 0 Å². The minimum Gasteiger partial charge on any atom is -0.372 e. The number of hydrogen-bond donors (Lipinski definition) is 1. The molecule has 0 spiro atoms. The van der Waals surface area contributed by atoms with Gasteiger partial charge in [0.05, 0.1) is 19.4 Å². The van der Waals surface area contributed by atoms with Crippen molar-refractivity contribution in [2.75, 3.05) is 13.1 Å². The van der Waals surface area contributed by atoms with Crippen LogP contribution in [0.25, 0.3) is 0 Å². The number of nitrogens with zero attached hydrogens (tertiary/aromatic N) is 3. The zero-order valence-electron chi connectivity index (χ0n) is 12.2. The number of ether oxygens (including phenoxy) is 1. The molecule has 0 saturated heterocycles. The van der Waals surface area contributed by atoms with Crippen molar-refractivity contribution in [2.45, 2.75) is 19.6 Å². The van der Waals surface area contributed by atoms with Gasteiger partial charge in [-0.2, -0.15) is 5.10 Å². The van der Waals surface area contributed by atoms with Gasteiger partial charge in [0.2, 0.25) is 0 Å². The first kappa shape index (κ1) is 13.8. The SMILES string of the molecule is Cn1cc(COCc2ccc(C3=NCCCN3)cc2)cn1. The van der Waals surface area contributed by atoms with Gasteiger partial charge in [0.15, 0.2) is 0 Å². The lowest BCUT2D eigenvalue weighted by Crippen LogP contribution is -2.30. The molecular formula is C16H20N4O. The minimum atomic E-state index is 0.587. The quantitative estimate of drug-likeness (QED) is 0.912. The third-order valence-corrected chi connectivity index (χ3v) is 3.42. The number of aromatic nitrogens is 2. The molecule has 0 fully saturated rings. The monoisotopic (exact) mass is 284 g/mol. The lowest BCUT2D eigenvalue weighted by Gasteiger charge is -2.14. The van der Waals surface area contributed by atoms with Crippen LogP contribution in [0, 0.1) is 0 Å². The number of benzene rings is 1. The molecule has 21 heavy (non-hydrogen) atoms. The molecule has 1 aromatic heterocycles. The van der Waals surface area contributed by atoms with Gasteiger partial charge in [-0.05, 0) is 12.0 Å². The molecule has 0 amide bonds. The highest BCUT2D eigenvalue weighted by Crippen LogP contribution is 2.09. The third kappa shape index (κ3) is 3.70. The van der Waals surface area contributed by atoms with Crippen molar-refractivity contribution >= 4 is 5.84 Å². The fraction of sp³-hybridized carbons (Fsp3) is 0.375. The van der Waals surface area contributed by atoms with Gasteiger partial charge in [0.25, 0.3) is 0 Å².